The van der Waals surface area contributed by atoms with Gasteiger partial charge in [-0.2, -0.15) is 0 Å². The zero-order valence-electron chi connectivity index (χ0n) is 23.1. The van der Waals surface area contributed by atoms with E-state index in [1.54, 1.807) is 26.4 Å². The standard InChI is InChI=1S/C30H31NO8S2/c1-15(29(34)35)7-21(32)27-11-18-9-17(23(38-3)14-26(18)41-27)5-6-31-20-13-25-19(10-24(20)39-4)12-28(40-25)22(33)8-16(2)30(36)37/h9-16,31H,5-8H2,1-4H3,(H,34,35)(H,36,37)/t15-,16-/m0/s1. The first-order valence-corrected chi connectivity index (χ1v) is 14.6. The molecular weight excluding hydrogens is 566 g/mol. The second-order valence-electron chi connectivity index (χ2n) is 9.92. The zero-order valence-corrected chi connectivity index (χ0v) is 24.7. The molecule has 0 amide bonds. The number of hydrogen-bond acceptors (Lipinski definition) is 9. The van der Waals surface area contributed by atoms with Crippen LogP contribution >= 0.6 is 22.7 Å². The molecule has 0 bridgehead atoms. The van der Waals surface area contributed by atoms with Crippen LogP contribution in [0.1, 0.15) is 51.6 Å². The van der Waals surface area contributed by atoms with Gasteiger partial charge in [-0.25, -0.2) is 0 Å². The number of hydrogen-bond donors (Lipinski definition) is 3. The number of aliphatic carboxylic acids is 2. The lowest BCUT2D eigenvalue weighted by Gasteiger charge is -2.13. The van der Waals surface area contributed by atoms with Crippen LogP contribution in [0.25, 0.3) is 20.2 Å². The van der Waals surface area contributed by atoms with E-state index in [0.717, 1.165) is 31.4 Å². The summed E-state index contributed by atoms with van der Waals surface area (Å²) in [6.45, 7) is 3.59. The van der Waals surface area contributed by atoms with Gasteiger partial charge in [-0.3, -0.25) is 19.2 Å². The molecule has 0 aliphatic heterocycles. The fourth-order valence-electron chi connectivity index (χ4n) is 4.41. The number of rotatable bonds is 14. The van der Waals surface area contributed by atoms with Crippen molar-refractivity contribution in [3.63, 3.8) is 0 Å². The summed E-state index contributed by atoms with van der Waals surface area (Å²) < 4.78 is 13.0. The Bertz CT molecular complexity index is 1520. The molecule has 41 heavy (non-hydrogen) atoms. The molecule has 9 nitrogen and oxygen atoms in total. The number of ether oxygens (including phenoxy) is 2. The molecule has 2 aromatic heterocycles. The minimum atomic E-state index is -0.998. The van der Waals surface area contributed by atoms with Crippen molar-refractivity contribution in [1.29, 1.82) is 0 Å². The van der Waals surface area contributed by atoms with Crippen molar-refractivity contribution in [3.05, 3.63) is 51.7 Å². The first-order valence-electron chi connectivity index (χ1n) is 13.0. The van der Waals surface area contributed by atoms with E-state index >= 15 is 0 Å². The Hall–Kier alpha value is -3.96. The number of methoxy groups -OCH3 is 2. The summed E-state index contributed by atoms with van der Waals surface area (Å²) in [7, 11) is 3.17. The molecule has 4 rings (SSSR count). The van der Waals surface area contributed by atoms with Crippen LogP contribution in [0.5, 0.6) is 11.5 Å². The Kier molecular flexibility index (Phi) is 9.29. The van der Waals surface area contributed by atoms with E-state index in [4.69, 9.17) is 19.7 Å². The molecule has 11 heteroatoms. The van der Waals surface area contributed by atoms with Crippen LogP contribution in [-0.2, 0) is 16.0 Å². The van der Waals surface area contributed by atoms with E-state index in [1.165, 1.54) is 36.5 Å². The molecule has 2 aromatic carbocycles. The van der Waals surface area contributed by atoms with Crippen molar-refractivity contribution in [1.82, 2.24) is 0 Å². The second-order valence-corrected chi connectivity index (χ2v) is 12.1. The molecule has 216 valence electrons. The van der Waals surface area contributed by atoms with E-state index in [2.05, 4.69) is 5.32 Å². The molecule has 2 heterocycles. The van der Waals surface area contributed by atoms with Crippen LogP contribution in [0, 0.1) is 11.8 Å². The zero-order chi connectivity index (χ0) is 29.8. The molecule has 0 radical (unpaired) electrons. The molecule has 0 aliphatic carbocycles. The Morgan fingerprint density at radius 2 is 1.27 bits per heavy atom. The number of Topliss-reactive ketones (excluding diaryl/α,β-unsaturated/α-hetero) is 2. The van der Waals surface area contributed by atoms with Crippen LogP contribution in [0.2, 0.25) is 0 Å². The predicted molar refractivity (Wildman–Crippen MR) is 160 cm³/mol. The average molecular weight is 598 g/mol. The normalized spacial score (nSPS) is 12.7. The van der Waals surface area contributed by atoms with Gasteiger partial charge in [0.2, 0.25) is 0 Å². The number of thiophene rings is 2. The van der Waals surface area contributed by atoms with Crippen LogP contribution in [-0.4, -0.2) is 54.5 Å². The Morgan fingerprint density at radius 1 is 0.756 bits per heavy atom. The van der Waals surface area contributed by atoms with E-state index in [9.17, 15) is 19.2 Å². The second kappa shape index (κ2) is 12.7. The minimum Gasteiger partial charge on any atom is -0.496 e. The molecule has 0 unspecified atom stereocenters. The van der Waals surface area contributed by atoms with E-state index in [-0.39, 0.29) is 24.4 Å². The highest BCUT2D eigenvalue weighted by Gasteiger charge is 2.21. The maximum Gasteiger partial charge on any atom is 0.306 e. The molecule has 0 spiro atoms. The van der Waals surface area contributed by atoms with Crippen molar-refractivity contribution in [3.8, 4) is 11.5 Å². The van der Waals surface area contributed by atoms with Gasteiger partial charge in [-0.05, 0) is 59.2 Å². The third-order valence-electron chi connectivity index (χ3n) is 6.84. The monoisotopic (exact) mass is 597 g/mol. The van der Waals surface area contributed by atoms with E-state index in [1.807, 2.05) is 24.3 Å². The van der Waals surface area contributed by atoms with E-state index < -0.39 is 23.8 Å². The SMILES string of the molecule is COc1cc2sc(C(=O)C[C@H](C)C(=O)O)cc2cc1CCNc1cc2sc(C(=O)C[C@H](C)C(=O)O)cc2cc1OC. The number of anilines is 1. The Morgan fingerprint density at radius 3 is 1.78 bits per heavy atom. The van der Waals surface area contributed by atoms with Gasteiger partial charge >= 0.3 is 11.9 Å². The molecular formula is C30H31NO8S2. The quantitative estimate of drug-likeness (QED) is 0.141. The minimum absolute atomic E-state index is 0.0520. The molecule has 0 saturated carbocycles. The lowest BCUT2D eigenvalue weighted by atomic mass is 10.0. The molecule has 3 N–H and O–H groups in total. The predicted octanol–water partition coefficient (Wildman–Crippen LogP) is 6.37. The maximum absolute atomic E-state index is 12.6. The van der Waals surface area contributed by atoms with Gasteiger partial charge in [0.15, 0.2) is 11.6 Å². The van der Waals surface area contributed by atoms with Crippen LogP contribution in [0.3, 0.4) is 0 Å². The van der Waals surface area contributed by atoms with Crippen molar-refractivity contribution < 1.29 is 38.9 Å². The van der Waals surface area contributed by atoms with E-state index in [0.29, 0.717) is 34.2 Å². The summed E-state index contributed by atoms with van der Waals surface area (Å²) in [6, 6.07) is 11.2. The molecule has 0 aliphatic rings. The molecule has 4 aromatic rings. The first kappa shape index (κ1) is 30.0. The lowest BCUT2D eigenvalue weighted by Crippen LogP contribution is -2.13. The molecule has 2 atom stereocenters. The number of carbonyl (C=O) groups excluding carboxylic acids is 2. The third-order valence-corrected chi connectivity index (χ3v) is 9.12. The number of carboxylic acids is 2. The lowest BCUT2D eigenvalue weighted by molar-refractivity contribution is -0.141. The van der Waals surface area contributed by atoms with Crippen molar-refractivity contribution in [2.45, 2.75) is 33.1 Å². The van der Waals surface area contributed by atoms with Gasteiger partial charge in [0, 0.05) is 28.8 Å². The number of ketones is 2. The number of fused-ring (bicyclic) bond motifs is 2. The van der Waals surface area contributed by atoms with Gasteiger partial charge in [0.25, 0.3) is 0 Å². The van der Waals surface area contributed by atoms with Gasteiger partial charge < -0.3 is 25.0 Å². The third kappa shape index (κ3) is 6.86. The van der Waals surface area contributed by atoms with Crippen molar-refractivity contribution >= 4 is 72.0 Å². The van der Waals surface area contributed by atoms with Crippen LogP contribution in [0.4, 0.5) is 5.69 Å². The van der Waals surface area contributed by atoms with Gasteiger partial charge in [-0.1, -0.05) is 13.8 Å². The van der Waals surface area contributed by atoms with Gasteiger partial charge in [0.1, 0.15) is 11.5 Å². The summed E-state index contributed by atoms with van der Waals surface area (Å²) in [5.41, 5.74) is 1.70. The number of nitrogens with one attached hydrogen (secondary N) is 1. The summed E-state index contributed by atoms with van der Waals surface area (Å²) in [5, 5.41) is 23.4. The highest BCUT2D eigenvalue weighted by molar-refractivity contribution is 7.21. The van der Waals surface area contributed by atoms with Gasteiger partial charge in [0.05, 0.1) is 41.5 Å². The largest absolute Gasteiger partial charge is 0.496 e. The molecule has 0 fully saturated rings. The fourth-order valence-corrected chi connectivity index (χ4v) is 6.47. The number of benzene rings is 2. The van der Waals surface area contributed by atoms with Crippen LogP contribution in [0.15, 0.2) is 36.4 Å². The highest BCUT2D eigenvalue weighted by atomic mass is 32.1. The maximum atomic E-state index is 12.6. The Balaban J connectivity index is 1.50. The smallest absolute Gasteiger partial charge is 0.306 e. The first-order chi connectivity index (χ1) is 19.5. The summed E-state index contributed by atoms with van der Waals surface area (Å²) in [6.07, 6.45) is 0.498. The Labute approximate surface area is 244 Å². The fraction of sp³-hybridized carbons (Fsp3) is 0.333. The highest BCUT2D eigenvalue weighted by Crippen LogP contribution is 2.37. The average Bonchev–Trinajstić information content (AvgIpc) is 3.55. The summed E-state index contributed by atoms with van der Waals surface area (Å²) >= 11 is 2.65. The topological polar surface area (TPSA) is 139 Å². The van der Waals surface area contributed by atoms with Crippen molar-refractivity contribution in [2.75, 3.05) is 26.1 Å². The molecule has 0 saturated heterocycles. The van der Waals surface area contributed by atoms with Gasteiger partial charge in [-0.15, -0.1) is 22.7 Å². The number of carbonyl (C=O) groups is 4. The summed E-state index contributed by atoms with van der Waals surface area (Å²) in [4.78, 5) is 48.6. The van der Waals surface area contributed by atoms with Crippen LogP contribution < -0.4 is 14.8 Å². The summed E-state index contributed by atoms with van der Waals surface area (Å²) in [5.74, 6) is -2.58. The van der Waals surface area contributed by atoms with Crippen molar-refractivity contribution in [2.24, 2.45) is 11.8 Å². The number of carboxylic acid groups (broad SMARTS) is 2.